The number of halogens is 2. The SMILES string of the molecule is CC(F)(F)C(=O)OCC12CC3CC(CC(O)(C3)C1)C2.Oc1ccc([S+](c2ccccc2)c2ccccc2)cc1. The summed E-state index contributed by atoms with van der Waals surface area (Å²) in [5.74, 6) is -3.65. The van der Waals surface area contributed by atoms with Crippen LogP contribution in [0, 0.1) is 17.3 Å². The van der Waals surface area contributed by atoms with E-state index in [1.54, 1.807) is 12.1 Å². The predicted molar refractivity (Wildman–Crippen MR) is 147 cm³/mol. The van der Waals surface area contributed by atoms with Gasteiger partial charge < -0.3 is 14.9 Å². The Labute approximate surface area is 231 Å². The molecule has 7 heteroatoms. The van der Waals surface area contributed by atoms with Crippen LogP contribution >= 0.6 is 0 Å². The molecule has 0 aromatic heterocycles. The number of ether oxygens (including phenoxy) is 1. The molecule has 0 aliphatic heterocycles. The van der Waals surface area contributed by atoms with Crippen LogP contribution in [0.5, 0.6) is 5.75 Å². The summed E-state index contributed by atoms with van der Waals surface area (Å²) < 4.78 is 30.5. The number of aromatic hydroxyl groups is 1. The van der Waals surface area contributed by atoms with Crippen molar-refractivity contribution in [2.75, 3.05) is 6.61 Å². The Morgan fingerprint density at radius 1 is 0.872 bits per heavy atom. The second-order valence-electron chi connectivity index (χ2n) is 11.6. The Bertz CT molecular complexity index is 1210. The number of phenols is 1. The highest BCUT2D eigenvalue weighted by molar-refractivity contribution is 7.97. The number of esters is 1. The van der Waals surface area contributed by atoms with Crippen molar-refractivity contribution in [1.82, 2.24) is 0 Å². The predicted octanol–water partition coefficient (Wildman–Crippen LogP) is 7.00. The smallest absolute Gasteiger partial charge is 0.376 e. The molecule has 4 nitrogen and oxygen atoms in total. The first-order valence-corrected chi connectivity index (χ1v) is 14.7. The van der Waals surface area contributed by atoms with E-state index in [-0.39, 0.29) is 22.9 Å². The Morgan fingerprint density at radius 2 is 1.36 bits per heavy atom. The number of phenolic OH excluding ortho intramolecular Hbond substituents is 1. The van der Waals surface area contributed by atoms with Crippen molar-refractivity contribution in [3.63, 3.8) is 0 Å². The summed E-state index contributed by atoms with van der Waals surface area (Å²) in [6.07, 6.45) is 5.16. The molecule has 4 saturated carbocycles. The van der Waals surface area contributed by atoms with Gasteiger partial charge in [-0.3, -0.25) is 0 Å². The van der Waals surface area contributed by atoms with Gasteiger partial charge in [0, 0.05) is 12.3 Å². The van der Waals surface area contributed by atoms with E-state index >= 15 is 0 Å². The minimum atomic E-state index is -3.43. The van der Waals surface area contributed by atoms with Gasteiger partial charge in [-0.05, 0) is 98.9 Å². The zero-order chi connectivity index (χ0) is 27.7. The summed E-state index contributed by atoms with van der Waals surface area (Å²) in [4.78, 5) is 15.0. The first-order valence-electron chi connectivity index (χ1n) is 13.5. The maximum Gasteiger partial charge on any atom is 0.376 e. The number of hydrogen-bond acceptors (Lipinski definition) is 4. The van der Waals surface area contributed by atoms with Crippen LogP contribution in [0.2, 0.25) is 0 Å². The highest BCUT2D eigenvalue weighted by Gasteiger charge is 2.57. The van der Waals surface area contributed by atoms with Crippen LogP contribution < -0.4 is 0 Å². The van der Waals surface area contributed by atoms with E-state index < -0.39 is 17.5 Å². The number of benzene rings is 3. The monoisotopic (exact) mass is 553 g/mol. The highest BCUT2D eigenvalue weighted by atomic mass is 32.2. The largest absolute Gasteiger partial charge is 0.508 e. The second kappa shape index (κ2) is 10.9. The fourth-order valence-corrected chi connectivity index (χ4v) is 9.10. The van der Waals surface area contributed by atoms with Gasteiger partial charge in [0.05, 0.1) is 23.1 Å². The molecule has 4 aliphatic rings. The average Bonchev–Trinajstić information content (AvgIpc) is 2.88. The number of hydrogen-bond donors (Lipinski definition) is 2. The van der Waals surface area contributed by atoms with E-state index in [1.165, 1.54) is 14.7 Å². The van der Waals surface area contributed by atoms with Gasteiger partial charge in [0.25, 0.3) is 0 Å². The molecule has 0 spiro atoms. The molecule has 2 N–H and O–H groups in total. The fourth-order valence-electron chi connectivity index (χ4n) is 7.02. The molecule has 0 amide bonds. The topological polar surface area (TPSA) is 66.8 Å². The van der Waals surface area contributed by atoms with Crippen molar-refractivity contribution >= 4 is 16.9 Å². The van der Waals surface area contributed by atoms with Gasteiger partial charge >= 0.3 is 11.9 Å². The number of carbonyl (C=O) groups excluding carboxylic acids is 1. The molecule has 39 heavy (non-hydrogen) atoms. The molecule has 2 atom stereocenters. The lowest BCUT2D eigenvalue weighted by atomic mass is 9.48. The lowest BCUT2D eigenvalue weighted by Crippen LogP contribution is -2.57. The van der Waals surface area contributed by atoms with E-state index in [0.717, 1.165) is 32.1 Å². The van der Waals surface area contributed by atoms with Gasteiger partial charge in [0.2, 0.25) is 0 Å². The first kappa shape index (κ1) is 27.7. The summed E-state index contributed by atoms with van der Waals surface area (Å²) in [7, 11) is -0.134. The van der Waals surface area contributed by atoms with Gasteiger partial charge in [-0.1, -0.05) is 36.4 Å². The number of alkyl halides is 2. The van der Waals surface area contributed by atoms with Crippen molar-refractivity contribution < 1.29 is 28.5 Å². The first-order chi connectivity index (χ1) is 18.5. The summed E-state index contributed by atoms with van der Waals surface area (Å²) >= 11 is 0. The van der Waals surface area contributed by atoms with Crippen LogP contribution in [0.15, 0.2) is 99.6 Å². The molecule has 3 aromatic rings. The zero-order valence-corrected chi connectivity index (χ0v) is 22.9. The van der Waals surface area contributed by atoms with E-state index in [0.29, 0.717) is 30.9 Å². The molecule has 4 bridgehead atoms. The standard InChI is InChI=1S/C18H14OS.C14H20F2O3/c19-15-11-13-18(14-12-15)20(16-7-3-1-4-8-16)17-9-5-2-6-10-17;1-12(15,16)11(17)19-8-13-3-9-2-10(4-13)6-14(18,5-9)7-13/h1-14H;9-10,18H,2-8H2,1H3/p+1. The quantitative estimate of drug-likeness (QED) is 0.255. The van der Waals surface area contributed by atoms with Crippen molar-refractivity contribution in [2.24, 2.45) is 17.3 Å². The Balaban J connectivity index is 0.000000158. The maximum absolute atomic E-state index is 12.8. The number of aliphatic hydroxyl groups is 1. The zero-order valence-electron chi connectivity index (χ0n) is 22.1. The average molecular weight is 554 g/mol. The van der Waals surface area contributed by atoms with Crippen LogP contribution in [-0.4, -0.2) is 34.3 Å². The van der Waals surface area contributed by atoms with Gasteiger partial charge in [-0.25, -0.2) is 4.79 Å². The van der Waals surface area contributed by atoms with Gasteiger partial charge in [-0.2, -0.15) is 8.78 Å². The van der Waals surface area contributed by atoms with Crippen LogP contribution in [0.25, 0.3) is 0 Å². The van der Waals surface area contributed by atoms with Crippen LogP contribution in [0.3, 0.4) is 0 Å². The highest BCUT2D eigenvalue weighted by Crippen LogP contribution is 2.61. The number of carbonyl (C=O) groups is 1. The molecule has 206 valence electrons. The van der Waals surface area contributed by atoms with Gasteiger partial charge in [0.15, 0.2) is 14.7 Å². The third kappa shape index (κ3) is 6.47. The lowest BCUT2D eigenvalue weighted by molar-refractivity contribution is -0.197. The summed E-state index contributed by atoms with van der Waals surface area (Å²) in [5.41, 5.74) is -0.912. The molecule has 4 aliphatic carbocycles. The summed E-state index contributed by atoms with van der Waals surface area (Å²) in [6.45, 7) is 0.590. The summed E-state index contributed by atoms with van der Waals surface area (Å²) in [5, 5.41) is 20.0. The van der Waals surface area contributed by atoms with Crippen molar-refractivity contribution in [1.29, 1.82) is 0 Å². The molecule has 4 fully saturated rings. The van der Waals surface area contributed by atoms with Gasteiger partial charge in [-0.15, -0.1) is 0 Å². The molecule has 0 saturated heterocycles. The molecular weight excluding hydrogens is 518 g/mol. The van der Waals surface area contributed by atoms with Gasteiger partial charge in [0.1, 0.15) is 5.75 Å². The van der Waals surface area contributed by atoms with E-state index in [9.17, 15) is 23.8 Å². The van der Waals surface area contributed by atoms with Crippen molar-refractivity contribution in [2.45, 2.75) is 71.7 Å². The fraction of sp³-hybridized carbons (Fsp3) is 0.406. The number of rotatable bonds is 6. The van der Waals surface area contributed by atoms with Crippen molar-refractivity contribution in [3.05, 3.63) is 84.9 Å². The Morgan fingerprint density at radius 3 is 1.82 bits per heavy atom. The summed E-state index contributed by atoms with van der Waals surface area (Å²) in [6, 6.07) is 28.5. The molecule has 2 unspecified atom stereocenters. The lowest BCUT2D eigenvalue weighted by Gasteiger charge is -2.59. The van der Waals surface area contributed by atoms with Crippen molar-refractivity contribution in [3.8, 4) is 5.75 Å². The molecule has 0 heterocycles. The molecule has 0 radical (unpaired) electrons. The maximum atomic E-state index is 12.8. The third-order valence-corrected chi connectivity index (χ3v) is 10.3. The second-order valence-corrected chi connectivity index (χ2v) is 13.6. The molecular formula is C32H35F2O4S+. The van der Waals surface area contributed by atoms with Crippen LogP contribution in [0.4, 0.5) is 8.78 Å². The van der Waals surface area contributed by atoms with E-state index in [4.69, 9.17) is 4.74 Å². The third-order valence-electron chi connectivity index (χ3n) is 8.05. The Hall–Kier alpha value is -2.90. The van der Waals surface area contributed by atoms with Crippen LogP contribution in [-0.2, 0) is 20.4 Å². The molecule has 3 aromatic carbocycles. The Kier molecular flexibility index (Phi) is 7.75. The minimum absolute atomic E-state index is 0.0323. The van der Waals surface area contributed by atoms with E-state index in [1.807, 2.05) is 24.3 Å². The molecule has 7 rings (SSSR count). The minimum Gasteiger partial charge on any atom is -0.508 e. The van der Waals surface area contributed by atoms with Crippen LogP contribution in [0.1, 0.15) is 45.4 Å². The van der Waals surface area contributed by atoms with E-state index in [2.05, 4.69) is 48.5 Å². The normalized spacial score (nSPS) is 27.1.